The number of nitrogens with zero attached hydrogens (tertiary/aromatic N) is 1. The number of hydrogen-bond acceptors (Lipinski definition) is 4. The minimum absolute atomic E-state index is 0.119. The number of carbonyl (C=O) groups excluding carboxylic acids is 1. The van der Waals surface area contributed by atoms with E-state index >= 15 is 0 Å². The molecule has 1 aromatic heterocycles. The smallest absolute Gasteiger partial charge is 0.352 e. The lowest BCUT2D eigenvalue weighted by Crippen LogP contribution is -2.24. The fourth-order valence-corrected chi connectivity index (χ4v) is 2.51. The lowest BCUT2D eigenvalue weighted by Gasteiger charge is -2.01. The number of hydrogen-bond donors (Lipinski definition) is 2. The predicted octanol–water partition coefficient (Wildman–Crippen LogP) is 1.94. The molecular weight excluding hydrogens is 264 g/mol. The van der Waals surface area contributed by atoms with Crippen LogP contribution in [-0.2, 0) is 16.0 Å². The molecule has 0 bridgehead atoms. The Balaban J connectivity index is 2.19. The molecule has 5 nitrogen and oxygen atoms in total. The summed E-state index contributed by atoms with van der Waals surface area (Å²) in [6, 6.07) is 7.71. The van der Waals surface area contributed by atoms with Crippen LogP contribution in [0.5, 0.6) is 0 Å². The number of allylic oxidation sites excluding steroid dienone is 1. The van der Waals surface area contributed by atoms with E-state index in [-0.39, 0.29) is 5.70 Å². The van der Waals surface area contributed by atoms with E-state index in [1.807, 2.05) is 24.3 Å². The van der Waals surface area contributed by atoms with Crippen molar-refractivity contribution in [1.82, 2.24) is 10.3 Å². The van der Waals surface area contributed by atoms with Crippen molar-refractivity contribution in [3.63, 3.8) is 0 Å². The first-order valence-electron chi connectivity index (χ1n) is 5.62. The van der Waals surface area contributed by atoms with Crippen LogP contribution in [0.25, 0.3) is 10.2 Å². The minimum atomic E-state index is -1.16. The highest BCUT2D eigenvalue weighted by atomic mass is 32.1. The van der Waals surface area contributed by atoms with Crippen LogP contribution < -0.4 is 5.32 Å². The summed E-state index contributed by atoms with van der Waals surface area (Å²) < 4.78 is 1.06. The van der Waals surface area contributed by atoms with Gasteiger partial charge >= 0.3 is 5.97 Å². The largest absolute Gasteiger partial charge is 0.477 e. The summed E-state index contributed by atoms with van der Waals surface area (Å²) in [5, 5.41) is 12.0. The second kappa shape index (κ2) is 5.62. The molecule has 2 aromatic rings. The third-order valence-corrected chi connectivity index (χ3v) is 3.42. The van der Waals surface area contributed by atoms with E-state index in [9.17, 15) is 9.59 Å². The number of para-hydroxylation sites is 1. The first-order chi connectivity index (χ1) is 9.06. The van der Waals surface area contributed by atoms with E-state index in [0.29, 0.717) is 6.42 Å². The summed E-state index contributed by atoms with van der Waals surface area (Å²) in [4.78, 5) is 26.2. The van der Waals surface area contributed by atoms with Crippen LogP contribution in [0.15, 0.2) is 36.0 Å². The molecule has 0 unspecified atom stereocenters. The molecule has 0 atom stereocenters. The molecule has 0 aliphatic carbocycles. The van der Waals surface area contributed by atoms with E-state index < -0.39 is 11.9 Å². The van der Waals surface area contributed by atoms with Crippen molar-refractivity contribution in [1.29, 1.82) is 0 Å². The van der Waals surface area contributed by atoms with Gasteiger partial charge in [-0.05, 0) is 18.2 Å². The number of rotatable bonds is 4. The second-order valence-corrected chi connectivity index (χ2v) is 5.00. The number of thiazole rings is 1. The standard InChI is InChI=1S/C13H12N2O3S/c1-8(16)14-10(13(17)18)6-7-12-15-9-4-2-3-5-11(9)19-12/h2-6H,7H2,1H3,(H,14,16)(H,17,18)/b10-6+. The summed E-state index contributed by atoms with van der Waals surface area (Å²) in [7, 11) is 0. The highest BCUT2D eigenvalue weighted by Crippen LogP contribution is 2.22. The first-order valence-corrected chi connectivity index (χ1v) is 6.43. The molecule has 2 N–H and O–H groups in total. The van der Waals surface area contributed by atoms with Gasteiger partial charge in [-0.25, -0.2) is 9.78 Å². The lowest BCUT2D eigenvalue weighted by atomic mass is 10.3. The van der Waals surface area contributed by atoms with Crippen LogP contribution in [0.1, 0.15) is 11.9 Å². The number of carbonyl (C=O) groups is 2. The van der Waals surface area contributed by atoms with Gasteiger partial charge in [-0.3, -0.25) is 4.79 Å². The van der Waals surface area contributed by atoms with Crippen LogP contribution in [0.4, 0.5) is 0 Å². The number of fused-ring (bicyclic) bond motifs is 1. The van der Waals surface area contributed by atoms with Crippen LogP contribution in [0.3, 0.4) is 0 Å². The van der Waals surface area contributed by atoms with Gasteiger partial charge in [-0.15, -0.1) is 11.3 Å². The molecule has 0 radical (unpaired) electrons. The van der Waals surface area contributed by atoms with Crippen molar-refractivity contribution >= 4 is 33.4 Å². The lowest BCUT2D eigenvalue weighted by molar-refractivity contribution is -0.134. The molecule has 98 valence electrons. The maximum atomic E-state index is 10.9. The third kappa shape index (κ3) is 3.38. The van der Waals surface area contributed by atoms with Gasteiger partial charge in [-0.2, -0.15) is 0 Å². The first kappa shape index (κ1) is 13.2. The van der Waals surface area contributed by atoms with E-state index in [0.717, 1.165) is 15.2 Å². The number of amides is 1. The van der Waals surface area contributed by atoms with Gasteiger partial charge in [-0.1, -0.05) is 12.1 Å². The topological polar surface area (TPSA) is 79.3 Å². The molecule has 0 fully saturated rings. The molecule has 19 heavy (non-hydrogen) atoms. The molecule has 0 aliphatic rings. The van der Waals surface area contributed by atoms with E-state index in [4.69, 9.17) is 5.11 Å². The van der Waals surface area contributed by atoms with Crippen molar-refractivity contribution < 1.29 is 14.7 Å². The summed E-state index contributed by atoms with van der Waals surface area (Å²) in [5.41, 5.74) is 0.777. The molecule has 0 spiro atoms. The summed E-state index contributed by atoms with van der Waals surface area (Å²) in [6.45, 7) is 1.27. The number of aliphatic carboxylic acids is 1. The Kier molecular flexibility index (Phi) is 3.91. The van der Waals surface area contributed by atoms with E-state index in [1.54, 1.807) is 0 Å². The average molecular weight is 276 g/mol. The summed E-state index contributed by atoms with van der Waals surface area (Å²) >= 11 is 1.51. The predicted molar refractivity (Wildman–Crippen MR) is 72.9 cm³/mol. The molecule has 0 aliphatic heterocycles. The van der Waals surface area contributed by atoms with Gasteiger partial charge in [0.25, 0.3) is 0 Å². The van der Waals surface area contributed by atoms with Crippen LogP contribution in [0.2, 0.25) is 0 Å². The van der Waals surface area contributed by atoms with Gasteiger partial charge in [0.1, 0.15) is 5.70 Å². The van der Waals surface area contributed by atoms with Crippen molar-refractivity contribution in [2.24, 2.45) is 0 Å². The number of aromatic nitrogens is 1. The highest BCUT2D eigenvalue weighted by molar-refractivity contribution is 7.18. The van der Waals surface area contributed by atoms with Crippen molar-refractivity contribution in [3.05, 3.63) is 41.0 Å². The number of benzene rings is 1. The number of nitrogens with one attached hydrogen (secondary N) is 1. The van der Waals surface area contributed by atoms with Gasteiger partial charge in [0.15, 0.2) is 0 Å². The monoisotopic (exact) mass is 276 g/mol. The Morgan fingerprint density at radius 2 is 2.16 bits per heavy atom. The zero-order chi connectivity index (χ0) is 13.8. The molecule has 1 amide bonds. The Bertz CT molecular complexity index is 628. The molecule has 6 heteroatoms. The Morgan fingerprint density at radius 1 is 1.42 bits per heavy atom. The van der Waals surface area contributed by atoms with Gasteiger partial charge in [0, 0.05) is 13.3 Å². The maximum Gasteiger partial charge on any atom is 0.352 e. The summed E-state index contributed by atoms with van der Waals surface area (Å²) in [5.74, 6) is -1.56. The Hall–Kier alpha value is -2.21. The SMILES string of the molecule is CC(=O)N/C(=C/Cc1nc2ccccc2s1)C(=O)O. The molecule has 1 heterocycles. The van der Waals surface area contributed by atoms with E-state index in [2.05, 4.69) is 10.3 Å². The molecule has 0 saturated carbocycles. The quantitative estimate of drug-likeness (QED) is 0.836. The minimum Gasteiger partial charge on any atom is -0.477 e. The van der Waals surface area contributed by atoms with Crippen LogP contribution in [-0.4, -0.2) is 22.0 Å². The van der Waals surface area contributed by atoms with Crippen LogP contribution >= 0.6 is 11.3 Å². The maximum absolute atomic E-state index is 10.9. The van der Waals surface area contributed by atoms with Gasteiger partial charge < -0.3 is 10.4 Å². The molecule has 1 aromatic carbocycles. The van der Waals surface area contributed by atoms with Gasteiger partial charge in [0.05, 0.1) is 15.2 Å². The van der Waals surface area contributed by atoms with Gasteiger partial charge in [0.2, 0.25) is 5.91 Å². The molecule has 2 rings (SSSR count). The van der Waals surface area contributed by atoms with Crippen molar-refractivity contribution in [2.45, 2.75) is 13.3 Å². The number of carboxylic acids is 1. The zero-order valence-corrected chi connectivity index (χ0v) is 11.0. The normalized spacial score (nSPS) is 11.5. The Labute approximate surface area is 113 Å². The van der Waals surface area contributed by atoms with Crippen LogP contribution in [0, 0.1) is 0 Å². The number of carboxylic acid groups (broad SMARTS) is 1. The van der Waals surface area contributed by atoms with E-state index in [1.165, 1.54) is 24.3 Å². The van der Waals surface area contributed by atoms with Crippen molar-refractivity contribution in [3.8, 4) is 0 Å². The van der Waals surface area contributed by atoms with Crippen molar-refractivity contribution in [2.75, 3.05) is 0 Å². The fraction of sp³-hybridized carbons (Fsp3) is 0.154. The fourth-order valence-electron chi connectivity index (χ4n) is 1.58. The average Bonchev–Trinajstić information content (AvgIpc) is 2.76. The zero-order valence-electron chi connectivity index (χ0n) is 10.2. The second-order valence-electron chi connectivity index (χ2n) is 3.88. The molecular formula is C13H12N2O3S. The third-order valence-electron chi connectivity index (χ3n) is 2.36. The molecule has 0 saturated heterocycles. The highest BCUT2D eigenvalue weighted by Gasteiger charge is 2.09. The summed E-state index contributed by atoms with van der Waals surface area (Å²) in [6.07, 6.45) is 1.84. The Morgan fingerprint density at radius 3 is 2.79 bits per heavy atom.